The van der Waals surface area contributed by atoms with Gasteiger partial charge in [0.1, 0.15) is 6.54 Å². The lowest BCUT2D eigenvalue weighted by atomic mass is 10.1. The van der Waals surface area contributed by atoms with Crippen LogP contribution in [0, 0.1) is 13.8 Å². The van der Waals surface area contributed by atoms with Crippen LogP contribution >= 0.6 is 11.6 Å². The molecule has 0 aliphatic carbocycles. The lowest BCUT2D eigenvalue weighted by Gasteiger charge is -2.27. The van der Waals surface area contributed by atoms with Crippen molar-refractivity contribution in [3.8, 4) is 11.1 Å². The summed E-state index contributed by atoms with van der Waals surface area (Å²) in [6.45, 7) is 6.99. The van der Waals surface area contributed by atoms with Gasteiger partial charge >= 0.3 is 0 Å². The van der Waals surface area contributed by atoms with Gasteiger partial charge in [-0.1, -0.05) is 41.9 Å². The predicted molar refractivity (Wildman–Crippen MR) is 120 cm³/mol. The van der Waals surface area contributed by atoms with Crippen LogP contribution in [0.4, 0.5) is 11.5 Å². The molecule has 156 valence electrons. The highest BCUT2D eigenvalue weighted by Crippen LogP contribution is 2.31. The molecule has 6 nitrogen and oxygen atoms in total. The summed E-state index contributed by atoms with van der Waals surface area (Å²) in [5.41, 5.74) is 4.94. The normalized spacial score (nSPS) is 14.0. The van der Waals surface area contributed by atoms with Crippen molar-refractivity contribution in [2.24, 2.45) is 0 Å². The Bertz CT molecular complexity index is 1020. The number of carbonyl (C=O) groups excluding carboxylic acids is 1. The zero-order valence-corrected chi connectivity index (χ0v) is 17.9. The maximum Gasteiger partial charge on any atom is 0.246 e. The number of aryl methyl sites for hydroxylation is 2. The van der Waals surface area contributed by atoms with Gasteiger partial charge in [0.2, 0.25) is 5.91 Å². The van der Waals surface area contributed by atoms with Gasteiger partial charge in [-0.3, -0.25) is 9.48 Å². The molecule has 4 rings (SSSR count). The fraction of sp³-hybridized carbons (Fsp3) is 0.304. The Morgan fingerprint density at radius 1 is 1.10 bits per heavy atom. The molecule has 0 unspecified atom stereocenters. The van der Waals surface area contributed by atoms with E-state index in [1.807, 2.05) is 62.5 Å². The minimum Gasteiger partial charge on any atom is -0.378 e. The number of hydrogen-bond donors (Lipinski definition) is 1. The molecule has 0 saturated carbocycles. The van der Waals surface area contributed by atoms with Crippen molar-refractivity contribution in [2.45, 2.75) is 20.4 Å². The second-order valence-electron chi connectivity index (χ2n) is 7.49. The van der Waals surface area contributed by atoms with Crippen LogP contribution in [0.25, 0.3) is 11.1 Å². The number of carbonyl (C=O) groups is 1. The van der Waals surface area contributed by atoms with Gasteiger partial charge in [0, 0.05) is 35.6 Å². The van der Waals surface area contributed by atoms with Crippen molar-refractivity contribution in [3.63, 3.8) is 0 Å². The topological polar surface area (TPSA) is 59.4 Å². The average Bonchev–Trinajstić information content (AvgIpc) is 3.16. The first-order chi connectivity index (χ1) is 14.5. The Kier molecular flexibility index (Phi) is 6.06. The van der Waals surface area contributed by atoms with Gasteiger partial charge in [0.05, 0.1) is 13.2 Å². The van der Waals surface area contributed by atoms with Crippen molar-refractivity contribution in [1.82, 2.24) is 9.78 Å². The third-order valence-corrected chi connectivity index (χ3v) is 5.51. The first-order valence-corrected chi connectivity index (χ1v) is 10.4. The van der Waals surface area contributed by atoms with Gasteiger partial charge < -0.3 is 15.0 Å². The van der Waals surface area contributed by atoms with E-state index in [9.17, 15) is 4.79 Å². The molecule has 0 radical (unpaired) electrons. The summed E-state index contributed by atoms with van der Waals surface area (Å²) in [6, 6.07) is 13.7. The van der Waals surface area contributed by atoms with Gasteiger partial charge in [0.25, 0.3) is 0 Å². The quantitative estimate of drug-likeness (QED) is 0.663. The Morgan fingerprint density at radius 3 is 2.43 bits per heavy atom. The van der Waals surface area contributed by atoms with Crippen LogP contribution in [0.5, 0.6) is 0 Å². The second-order valence-corrected chi connectivity index (χ2v) is 7.92. The number of hydrogen-bond acceptors (Lipinski definition) is 4. The summed E-state index contributed by atoms with van der Waals surface area (Å²) in [7, 11) is 0. The van der Waals surface area contributed by atoms with Crippen molar-refractivity contribution in [2.75, 3.05) is 36.5 Å². The number of nitrogens with zero attached hydrogens (tertiary/aromatic N) is 3. The molecule has 1 aliphatic rings. The number of para-hydroxylation sites is 1. The van der Waals surface area contributed by atoms with E-state index >= 15 is 0 Å². The maximum atomic E-state index is 12.7. The molecule has 7 heteroatoms. The van der Waals surface area contributed by atoms with E-state index in [2.05, 4.69) is 10.2 Å². The van der Waals surface area contributed by atoms with Crippen molar-refractivity contribution in [3.05, 3.63) is 64.8 Å². The number of halogens is 1. The van der Waals surface area contributed by atoms with E-state index in [4.69, 9.17) is 21.4 Å². The molecule has 0 spiro atoms. The molecule has 1 fully saturated rings. The van der Waals surface area contributed by atoms with Crippen LogP contribution in [-0.4, -0.2) is 42.0 Å². The largest absolute Gasteiger partial charge is 0.378 e. The molecule has 1 aliphatic heterocycles. The lowest BCUT2D eigenvalue weighted by molar-refractivity contribution is -0.116. The number of nitrogens with one attached hydrogen (secondary N) is 1. The van der Waals surface area contributed by atoms with E-state index in [-0.39, 0.29) is 12.5 Å². The Balaban J connectivity index is 1.60. The van der Waals surface area contributed by atoms with Crippen LogP contribution in [0.15, 0.2) is 48.7 Å². The van der Waals surface area contributed by atoms with Crippen LogP contribution in [0.3, 0.4) is 0 Å². The lowest BCUT2D eigenvalue weighted by Crippen LogP contribution is -2.36. The summed E-state index contributed by atoms with van der Waals surface area (Å²) < 4.78 is 7.19. The Hall–Kier alpha value is -2.83. The second kappa shape index (κ2) is 8.90. The van der Waals surface area contributed by atoms with E-state index in [0.29, 0.717) is 18.2 Å². The highest BCUT2D eigenvalue weighted by atomic mass is 35.5. The highest BCUT2D eigenvalue weighted by molar-refractivity contribution is 6.30. The summed E-state index contributed by atoms with van der Waals surface area (Å²) >= 11 is 6.06. The number of benzene rings is 2. The number of anilines is 2. The zero-order valence-electron chi connectivity index (χ0n) is 17.2. The number of ether oxygens (including phenoxy) is 1. The summed E-state index contributed by atoms with van der Waals surface area (Å²) in [6.07, 6.45) is 1.93. The molecule has 30 heavy (non-hydrogen) atoms. The van der Waals surface area contributed by atoms with Gasteiger partial charge in [-0.05, 0) is 42.7 Å². The molecule has 1 aromatic heterocycles. The molecule has 2 heterocycles. The van der Waals surface area contributed by atoms with Crippen LogP contribution < -0.4 is 10.2 Å². The van der Waals surface area contributed by atoms with Crippen LogP contribution in [0.2, 0.25) is 5.02 Å². The first kappa shape index (κ1) is 20.4. The van der Waals surface area contributed by atoms with E-state index in [1.54, 1.807) is 4.68 Å². The fourth-order valence-electron chi connectivity index (χ4n) is 3.67. The number of rotatable bonds is 5. The third-order valence-electron chi connectivity index (χ3n) is 5.26. The predicted octanol–water partition coefficient (Wildman–Crippen LogP) is 4.30. The van der Waals surface area contributed by atoms with Gasteiger partial charge in [0.15, 0.2) is 5.82 Å². The molecule has 0 atom stereocenters. The van der Waals surface area contributed by atoms with Gasteiger partial charge in [-0.25, -0.2) is 0 Å². The van der Waals surface area contributed by atoms with Gasteiger partial charge in [-0.2, -0.15) is 5.10 Å². The molecule has 1 saturated heterocycles. The Labute approximate surface area is 181 Å². The summed E-state index contributed by atoms with van der Waals surface area (Å²) in [5, 5.41) is 8.47. The minimum atomic E-state index is -0.105. The van der Waals surface area contributed by atoms with Crippen molar-refractivity contribution in [1.29, 1.82) is 0 Å². The first-order valence-electron chi connectivity index (χ1n) is 10.0. The minimum absolute atomic E-state index is 0.105. The molecular weight excluding hydrogens is 400 g/mol. The molecular formula is C23H25ClN4O2. The van der Waals surface area contributed by atoms with Crippen LogP contribution in [0.1, 0.15) is 11.1 Å². The number of aromatic nitrogens is 2. The summed E-state index contributed by atoms with van der Waals surface area (Å²) in [4.78, 5) is 14.9. The molecule has 3 aromatic rings. The standard InChI is InChI=1S/C23H25ClN4O2/c1-16-4-3-5-17(2)22(16)25-21(29)15-28-14-20(18-6-8-19(24)9-7-18)23(26-28)27-10-12-30-13-11-27/h3-9,14H,10-13,15H2,1-2H3,(H,25,29). The number of morpholine rings is 1. The number of amides is 1. The monoisotopic (exact) mass is 424 g/mol. The van der Waals surface area contributed by atoms with Gasteiger partial charge in [-0.15, -0.1) is 0 Å². The molecule has 1 N–H and O–H groups in total. The zero-order chi connectivity index (χ0) is 21.1. The van der Waals surface area contributed by atoms with E-state index < -0.39 is 0 Å². The summed E-state index contributed by atoms with van der Waals surface area (Å²) in [5.74, 6) is 0.756. The Morgan fingerprint density at radius 2 is 1.77 bits per heavy atom. The fourth-order valence-corrected chi connectivity index (χ4v) is 3.80. The average molecular weight is 425 g/mol. The SMILES string of the molecule is Cc1cccc(C)c1NC(=O)Cn1cc(-c2ccc(Cl)cc2)c(N2CCOCC2)n1. The smallest absolute Gasteiger partial charge is 0.246 e. The molecule has 1 amide bonds. The molecule has 2 aromatic carbocycles. The highest BCUT2D eigenvalue weighted by Gasteiger charge is 2.21. The van der Waals surface area contributed by atoms with Crippen LogP contribution in [-0.2, 0) is 16.1 Å². The third kappa shape index (κ3) is 4.50. The maximum absolute atomic E-state index is 12.7. The van der Waals surface area contributed by atoms with Crippen molar-refractivity contribution < 1.29 is 9.53 Å². The molecule has 0 bridgehead atoms. The van der Waals surface area contributed by atoms with E-state index in [0.717, 1.165) is 46.8 Å². The van der Waals surface area contributed by atoms with E-state index in [1.165, 1.54) is 0 Å². The van der Waals surface area contributed by atoms with Crippen molar-refractivity contribution >= 4 is 29.0 Å².